The summed E-state index contributed by atoms with van der Waals surface area (Å²) in [5.74, 6) is 0. The highest BCUT2D eigenvalue weighted by Gasteiger charge is 2.44. The smallest absolute Gasteiger partial charge is 0.0462 e. The lowest BCUT2D eigenvalue weighted by atomic mass is 9.59. The first-order valence-electron chi connectivity index (χ1n) is 26.7. The molecule has 0 amide bonds. The number of hydrogen-bond donors (Lipinski definition) is 0. The summed E-state index contributed by atoms with van der Waals surface area (Å²) in [7, 11) is 0. The quantitative estimate of drug-likeness (QED) is 0.150. The van der Waals surface area contributed by atoms with Gasteiger partial charge in [0.05, 0.1) is 0 Å². The Morgan fingerprint density at radius 3 is 0.789 bits per heavy atom. The Bertz CT molecular complexity index is 3850. The van der Waals surface area contributed by atoms with Gasteiger partial charge in [-0.3, -0.25) is 0 Å². The molecule has 12 aromatic rings. The molecule has 12 aromatic carbocycles. The van der Waals surface area contributed by atoms with Crippen LogP contribution in [0.5, 0.6) is 0 Å². The van der Waals surface area contributed by atoms with E-state index in [0.29, 0.717) is 0 Å². The zero-order chi connectivity index (χ0) is 50.9. The van der Waals surface area contributed by atoms with Gasteiger partial charge in [-0.1, -0.05) is 185 Å². The van der Waals surface area contributed by atoms with Crippen molar-refractivity contribution in [2.24, 2.45) is 0 Å². The molecule has 3 aliphatic rings. The largest absolute Gasteiger partial charge is 0.311 e. The maximum Gasteiger partial charge on any atom is 0.0462 e. The highest BCUT2D eigenvalue weighted by Crippen LogP contribution is 2.59. The second-order valence-electron chi connectivity index (χ2n) is 22.0. The summed E-state index contributed by atoms with van der Waals surface area (Å²) in [5.41, 5.74) is 27.6. The van der Waals surface area contributed by atoms with Gasteiger partial charge in [0.15, 0.2) is 0 Å². The first kappa shape index (κ1) is 44.3. The monoisotopic (exact) mass is 970 g/mol. The summed E-state index contributed by atoms with van der Waals surface area (Å²) in [6.07, 6.45) is 0. The van der Waals surface area contributed by atoms with Crippen molar-refractivity contribution in [1.29, 1.82) is 0 Å². The van der Waals surface area contributed by atoms with Gasteiger partial charge >= 0.3 is 0 Å². The van der Waals surface area contributed by atoms with Crippen molar-refractivity contribution in [2.75, 3.05) is 9.80 Å². The van der Waals surface area contributed by atoms with Crippen LogP contribution in [0, 0.1) is 0 Å². The van der Waals surface area contributed by atoms with Gasteiger partial charge in [0.2, 0.25) is 0 Å². The Morgan fingerprint density at radius 1 is 0.224 bits per heavy atom. The van der Waals surface area contributed by atoms with Gasteiger partial charge in [-0.15, -0.1) is 0 Å². The zero-order valence-electron chi connectivity index (χ0n) is 43.1. The number of para-hydroxylation sites is 4. The van der Waals surface area contributed by atoms with Crippen LogP contribution >= 0.6 is 0 Å². The number of rotatable bonds is 8. The minimum absolute atomic E-state index is 0.240. The van der Waals surface area contributed by atoms with Crippen LogP contribution < -0.4 is 9.80 Å². The van der Waals surface area contributed by atoms with Crippen LogP contribution in [0.25, 0.3) is 88.3 Å². The Balaban J connectivity index is 0.789. The van der Waals surface area contributed by atoms with Crippen LogP contribution in [0.15, 0.2) is 255 Å². The molecular weight excluding hydrogens is 917 g/mol. The molecule has 0 aromatic heterocycles. The lowest BCUT2D eigenvalue weighted by molar-refractivity contribution is 0.521. The third-order valence-electron chi connectivity index (χ3n) is 17.2. The van der Waals surface area contributed by atoms with E-state index in [1.54, 1.807) is 0 Å². The fraction of sp³-hybridized carbons (Fsp3) is 0.0811. The molecule has 76 heavy (non-hydrogen) atoms. The van der Waals surface area contributed by atoms with Crippen LogP contribution in [-0.4, -0.2) is 0 Å². The molecule has 15 rings (SSSR count). The number of hydrogen-bond acceptors (Lipinski definition) is 2. The molecule has 0 radical (unpaired) electrons. The predicted molar refractivity (Wildman–Crippen MR) is 321 cm³/mol. The average Bonchev–Trinajstić information content (AvgIpc) is 4.18. The fourth-order valence-electron chi connectivity index (χ4n) is 13.4. The summed E-state index contributed by atoms with van der Waals surface area (Å²) < 4.78 is 0. The second-order valence-corrected chi connectivity index (χ2v) is 22.0. The molecular formula is C74H54N2. The SMILES string of the molecule is CC1(C)c2cc3c(cc2C(C)(C)c2cc4c(cc21)-c1ccc(-c2ccc(N(c5ccccc5)c5ccccc5)cc2)c2cccc-4c12)-c1ccc(-c2ccc(N(c4ccccc4)c4ccccc4)cc2)c2cccc-3c12. The predicted octanol–water partition coefficient (Wildman–Crippen LogP) is 20.5. The molecule has 0 saturated carbocycles. The van der Waals surface area contributed by atoms with Crippen LogP contribution in [-0.2, 0) is 10.8 Å². The minimum atomic E-state index is -0.240. The van der Waals surface area contributed by atoms with Gasteiger partial charge < -0.3 is 9.80 Å². The lowest BCUT2D eigenvalue weighted by Crippen LogP contribution is -2.36. The van der Waals surface area contributed by atoms with Gasteiger partial charge in [0.25, 0.3) is 0 Å². The maximum absolute atomic E-state index is 2.57. The molecule has 0 spiro atoms. The van der Waals surface area contributed by atoms with Crippen molar-refractivity contribution in [1.82, 2.24) is 0 Å². The van der Waals surface area contributed by atoms with Crippen LogP contribution in [0.4, 0.5) is 34.1 Å². The van der Waals surface area contributed by atoms with Crippen molar-refractivity contribution in [3.8, 4) is 66.8 Å². The highest BCUT2D eigenvalue weighted by atomic mass is 15.1. The summed E-state index contributed by atoms with van der Waals surface area (Å²) in [6, 6.07) is 94.4. The van der Waals surface area contributed by atoms with E-state index in [4.69, 9.17) is 0 Å². The van der Waals surface area contributed by atoms with Crippen molar-refractivity contribution >= 4 is 55.7 Å². The molecule has 0 atom stereocenters. The third-order valence-corrected chi connectivity index (χ3v) is 17.2. The van der Waals surface area contributed by atoms with E-state index in [1.807, 2.05) is 0 Å². The molecule has 0 bridgehead atoms. The minimum Gasteiger partial charge on any atom is -0.311 e. The number of nitrogens with zero attached hydrogens (tertiary/aromatic N) is 2. The van der Waals surface area contributed by atoms with Gasteiger partial charge in [-0.05, 0) is 208 Å². The van der Waals surface area contributed by atoms with Gasteiger partial charge in [0, 0.05) is 45.0 Å². The molecule has 0 saturated heterocycles. The lowest BCUT2D eigenvalue weighted by Gasteiger charge is -2.44. The van der Waals surface area contributed by atoms with Crippen LogP contribution in [0.2, 0.25) is 0 Å². The van der Waals surface area contributed by atoms with Crippen LogP contribution in [0.1, 0.15) is 49.9 Å². The Morgan fingerprint density at radius 2 is 0.487 bits per heavy atom. The summed E-state index contributed by atoms with van der Waals surface area (Å²) >= 11 is 0. The topological polar surface area (TPSA) is 6.48 Å². The van der Waals surface area contributed by atoms with Gasteiger partial charge in [-0.25, -0.2) is 0 Å². The molecule has 0 N–H and O–H groups in total. The van der Waals surface area contributed by atoms with Crippen molar-refractivity contribution in [2.45, 2.75) is 38.5 Å². The van der Waals surface area contributed by atoms with E-state index < -0.39 is 0 Å². The molecule has 0 heterocycles. The second kappa shape index (κ2) is 16.6. The third kappa shape index (κ3) is 6.53. The first-order chi connectivity index (χ1) is 37.2. The van der Waals surface area contributed by atoms with Crippen molar-refractivity contribution in [3.05, 3.63) is 277 Å². The normalized spacial score (nSPS) is 13.7. The summed E-state index contributed by atoms with van der Waals surface area (Å²) in [6.45, 7) is 9.84. The summed E-state index contributed by atoms with van der Waals surface area (Å²) in [5, 5.41) is 5.29. The molecule has 0 unspecified atom stereocenters. The first-order valence-corrected chi connectivity index (χ1v) is 26.7. The number of benzene rings is 12. The van der Waals surface area contributed by atoms with Gasteiger partial charge in [0.1, 0.15) is 0 Å². The Kier molecular flexibility index (Phi) is 9.69. The molecule has 2 nitrogen and oxygen atoms in total. The highest BCUT2D eigenvalue weighted by molar-refractivity contribution is 6.20. The van der Waals surface area contributed by atoms with Gasteiger partial charge in [-0.2, -0.15) is 0 Å². The summed E-state index contributed by atoms with van der Waals surface area (Å²) in [4.78, 5) is 4.65. The molecule has 3 aliphatic carbocycles. The van der Waals surface area contributed by atoms with Crippen molar-refractivity contribution in [3.63, 3.8) is 0 Å². The molecule has 0 aliphatic heterocycles. The van der Waals surface area contributed by atoms with E-state index in [-0.39, 0.29) is 10.8 Å². The molecule has 360 valence electrons. The van der Waals surface area contributed by atoms with Crippen LogP contribution in [0.3, 0.4) is 0 Å². The van der Waals surface area contributed by atoms with E-state index in [1.165, 1.54) is 111 Å². The van der Waals surface area contributed by atoms with E-state index >= 15 is 0 Å². The number of anilines is 6. The molecule has 0 fully saturated rings. The number of fused-ring (bicyclic) bond motifs is 8. The molecule has 2 heteroatoms. The standard InChI is InChI=1S/C74H54N2/c1-73(2)67-43-63-59-29-17-27-57-56(48-33-37-54(38-34-48)76(51-23-13-7-14-24-51)52-25-15-8-16-26-52)40-42-62(71(57)59)66(63)46-70(67)74(3,4)68-44-64-60-30-18-28-58-55(39-41-61(72(58)60)65(64)45-69(68)73)47-31-35-53(36-32-47)75(49-19-9-5-10-20-49)50-21-11-6-12-22-50/h5-46H,1-4H3. The maximum atomic E-state index is 2.57. The average molecular weight is 971 g/mol. The Labute approximate surface area is 445 Å². The van der Waals surface area contributed by atoms with E-state index in [2.05, 4.69) is 292 Å². The Hall–Kier alpha value is -9.24. The fourth-order valence-corrected chi connectivity index (χ4v) is 13.4. The van der Waals surface area contributed by atoms with E-state index in [9.17, 15) is 0 Å². The van der Waals surface area contributed by atoms with E-state index in [0.717, 1.165) is 34.1 Å². The zero-order valence-corrected chi connectivity index (χ0v) is 43.1. The van der Waals surface area contributed by atoms with Crippen molar-refractivity contribution < 1.29 is 0 Å².